The smallest absolute Gasteiger partial charge is 0.329 e. The van der Waals surface area contributed by atoms with Gasteiger partial charge in [0.05, 0.1) is 5.56 Å². The molecule has 0 spiro atoms. The van der Waals surface area contributed by atoms with E-state index in [9.17, 15) is 9.59 Å². The standard InChI is InChI=1S/C10H12BrNO4/c1-10(2,9(14)15)12(3)8(13)6-4-7(11)16-5-6/h4-5H,1-3H3,(H,14,15). The number of carboxylic acid groups (broad SMARTS) is 1. The molecular formula is C10H12BrNO4. The van der Waals surface area contributed by atoms with Gasteiger partial charge in [-0.3, -0.25) is 4.79 Å². The average Bonchev–Trinajstić information content (AvgIpc) is 2.62. The number of furan rings is 1. The minimum absolute atomic E-state index is 0.309. The first kappa shape index (κ1) is 12.8. The van der Waals surface area contributed by atoms with Crippen LogP contribution in [0.15, 0.2) is 21.4 Å². The number of carboxylic acids is 1. The Bertz CT molecular complexity index is 424. The third-order valence-electron chi connectivity index (χ3n) is 2.48. The SMILES string of the molecule is CN(C(=O)c1coc(Br)c1)C(C)(C)C(=O)O. The summed E-state index contributed by atoms with van der Waals surface area (Å²) in [6.45, 7) is 2.92. The summed E-state index contributed by atoms with van der Waals surface area (Å²) in [4.78, 5) is 24.0. The maximum atomic E-state index is 11.9. The van der Waals surface area contributed by atoms with Crippen LogP contribution in [0.3, 0.4) is 0 Å². The van der Waals surface area contributed by atoms with Gasteiger partial charge in [0.15, 0.2) is 4.67 Å². The van der Waals surface area contributed by atoms with E-state index in [2.05, 4.69) is 15.9 Å². The van der Waals surface area contributed by atoms with Gasteiger partial charge in [0.1, 0.15) is 11.8 Å². The number of hydrogen-bond acceptors (Lipinski definition) is 3. The summed E-state index contributed by atoms with van der Waals surface area (Å²) < 4.78 is 5.36. The van der Waals surface area contributed by atoms with Gasteiger partial charge in [-0.1, -0.05) is 0 Å². The molecule has 1 heterocycles. The molecule has 6 heteroatoms. The van der Waals surface area contributed by atoms with Crippen LogP contribution in [0.1, 0.15) is 24.2 Å². The molecular weight excluding hydrogens is 278 g/mol. The van der Waals surface area contributed by atoms with Gasteiger partial charge >= 0.3 is 5.97 Å². The molecule has 0 radical (unpaired) electrons. The molecule has 0 unspecified atom stereocenters. The molecule has 0 saturated heterocycles. The lowest BCUT2D eigenvalue weighted by Gasteiger charge is -2.31. The topological polar surface area (TPSA) is 70.8 Å². The van der Waals surface area contributed by atoms with E-state index in [0.29, 0.717) is 10.2 Å². The molecule has 1 N–H and O–H groups in total. The molecule has 0 saturated carbocycles. The van der Waals surface area contributed by atoms with E-state index in [1.807, 2.05) is 0 Å². The van der Waals surface area contributed by atoms with E-state index in [1.54, 1.807) is 0 Å². The maximum Gasteiger partial charge on any atom is 0.329 e. The molecule has 0 fully saturated rings. The summed E-state index contributed by atoms with van der Waals surface area (Å²) in [6.07, 6.45) is 1.28. The zero-order valence-electron chi connectivity index (χ0n) is 9.15. The molecule has 16 heavy (non-hydrogen) atoms. The molecule has 5 nitrogen and oxygen atoms in total. The van der Waals surface area contributed by atoms with Crippen LogP contribution in [0.4, 0.5) is 0 Å². The van der Waals surface area contributed by atoms with Crippen LogP contribution in [-0.2, 0) is 4.79 Å². The molecule has 88 valence electrons. The van der Waals surface area contributed by atoms with E-state index in [0.717, 1.165) is 4.90 Å². The Hall–Kier alpha value is -1.30. The van der Waals surface area contributed by atoms with Crippen molar-refractivity contribution < 1.29 is 19.1 Å². The molecule has 0 bridgehead atoms. The van der Waals surface area contributed by atoms with Gasteiger partial charge < -0.3 is 14.4 Å². The Kier molecular flexibility index (Phi) is 3.42. The van der Waals surface area contributed by atoms with Crippen LogP contribution >= 0.6 is 15.9 Å². The number of aliphatic carboxylic acids is 1. The first-order valence-electron chi connectivity index (χ1n) is 4.52. The first-order chi connectivity index (χ1) is 7.26. The second-order valence-corrected chi connectivity index (χ2v) is 4.65. The zero-order valence-corrected chi connectivity index (χ0v) is 10.7. The number of carbonyl (C=O) groups excluding carboxylic acids is 1. The average molecular weight is 290 g/mol. The number of rotatable bonds is 3. The van der Waals surface area contributed by atoms with Crippen molar-refractivity contribution in [2.75, 3.05) is 7.05 Å². The Morgan fingerprint density at radius 2 is 2.06 bits per heavy atom. The summed E-state index contributed by atoms with van der Waals surface area (Å²) in [6, 6.07) is 1.50. The summed E-state index contributed by atoms with van der Waals surface area (Å²) in [7, 11) is 1.44. The molecule has 1 rings (SSSR count). The number of amides is 1. The van der Waals surface area contributed by atoms with Crippen molar-refractivity contribution in [3.8, 4) is 0 Å². The number of hydrogen-bond donors (Lipinski definition) is 1. The monoisotopic (exact) mass is 289 g/mol. The fourth-order valence-corrected chi connectivity index (χ4v) is 1.35. The lowest BCUT2D eigenvalue weighted by Crippen LogP contribution is -2.50. The second-order valence-electron chi connectivity index (χ2n) is 3.87. The number of nitrogens with zero attached hydrogens (tertiary/aromatic N) is 1. The fourth-order valence-electron chi connectivity index (χ4n) is 1.01. The highest BCUT2D eigenvalue weighted by Crippen LogP contribution is 2.20. The third kappa shape index (κ3) is 2.27. The molecule has 0 aliphatic heterocycles. The third-order valence-corrected chi connectivity index (χ3v) is 2.90. The van der Waals surface area contributed by atoms with Crippen molar-refractivity contribution >= 4 is 27.8 Å². The van der Waals surface area contributed by atoms with Gasteiger partial charge in [0.2, 0.25) is 0 Å². The molecule has 0 aliphatic carbocycles. The Balaban J connectivity index is 2.95. The summed E-state index contributed by atoms with van der Waals surface area (Å²) >= 11 is 3.08. The summed E-state index contributed by atoms with van der Waals surface area (Å²) in [5, 5.41) is 8.99. The molecule has 1 amide bonds. The minimum atomic E-state index is -1.26. The van der Waals surface area contributed by atoms with E-state index in [4.69, 9.17) is 9.52 Å². The van der Waals surface area contributed by atoms with Crippen molar-refractivity contribution in [1.82, 2.24) is 4.90 Å². The predicted octanol–water partition coefficient (Wildman–Crippen LogP) is 1.98. The normalized spacial score (nSPS) is 11.2. The van der Waals surface area contributed by atoms with E-state index < -0.39 is 17.4 Å². The van der Waals surface area contributed by atoms with Gasteiger partial charge in [-0.05, 0) is 29.8 Å². The highest BCUT2D eigenvalue weighted by atomic mass is 79.9. The lowest BCUT2D eigenvalue weighted by molar-refractivity contribution is -0.147. The predicted molar refractivity (Wildman–Crippen MR) is 60.2 cm³/mol. The van der Waals surface area contributed by atoms with E-state index in [1.165, 1.54) is 33.2 Å². The van der Waals surface area contributed by atoms with Crippen LogP contribution in [0.5, 0.6) is 0 Å². The van der Waals surface area contributed by atoms with Crippen molar-refractivity contribution in [3.63, 3.8) is 0 Å². The molecule has 0 aromatic carbocycles. The van der Waals surface area contributed by atoms with Crippen LogP contribution in [-0.4, -0.2) is 34.5 Å². The van der Waals surface area contributed by atoms with Gasteiger partial charge in [0, 0.05) is 13.1 Å². The largest absolute Gasteiger partial charge is 0.480 e. The van der Waals surface area contributed by atoms with E-state index in [-0.39, 0.29) is 0 Å². The van der Waals surface area contributed by atoms with Crippen LogP contribution in [0.2, 0.25) is 0 Å². The first-order valence-corrected chi connectivity index (χ1v) is 5.31. The second kappa shape index (κ2) is 4.29. The summed E-state index contributed by atoms with van der Waals surface area (Å²) in [5.74, 6) is -1.47. The van der Waals surface area contributed by atoms with Crippen LogP contribution in [0, 0.1) is 0 Å². The van der Waals surface area contributed by atoms with Crippen LogP contribution < -0.4 is 0 Å². The highest BCUT2D eigenvalue weighted by molar-refractivity contribution is 9.10. The quantitative estimate of drug-likeness (QED) is 0.924. The van der Waals surface area contributed by atoms with Gasteiger partial charge in [-0.15, -0.1) is 0 Å². The minimum Gasteiger partial charge on any atom is -0.480 e. The molecule has 1 aromatic rings. The Labute approximate surface area is 101 Å². The number of carbonyl (C=O) groups is 2. The van der Waals surface area contributed by atoms with Crippen molar-refractivity contribution in [2.45, 2.75) is 19.4 Å². The summed E-state index contributed by atoms with van der Waals surface area (Å²) in [5.41, 5.74) is -0.954. The maximum absolute atomic E-state index is 11.9. The molecule has 0 atom stereocenters. The molecule has 0 aliphatic rings. The van der Waals surface area contributed by atoms with E-state index >= 15 is 0 Å². The molecule has 1 aromatic heterocycles. The lowest BCUT2D eigenvalue weighted by atomic mass is 10.0. The Morgan fingerprint density at radius 3 is 2.44 bits per heavy atom. The van der Waals surface area contributed by atoms with Gasteiger partial charge in [-0.2, -0.15) is 0 Å². The van der Waals surface area contributed by atoms with Gasteiger partial charge in [-0.25, -0.2) is 4.79 Å². The van der Waals surface area contributed by atoms with Crippen molar-refractivity contribution in [3.05, 3.63) is 22.6 Å². The number of halogens is 1. The van der Waals surface area contributed by atoms with Crippen molar-refractivity contribution in [2.24, 2.45) is 0 Å². The fraction of sp³-hybridized carbons (Fsp3) is 0.400. The zero-order chi connectivity index (χ0) is 12.5. The van der Waals surface area contributed by atoms with Crippen molar-refractivity contribution in [1.29, 1.82) is 0 Å². The van der Waals surface area contributed by atoms with Gasteiger partial charge in [0.25, 0.3) is 5.91 Å². The number of likely N-dealkylation sites (N-methyl/N-ethyl adjacent to an activating group) is 1. The highest BCUT2D eigenvalue weighted by Gasteiger charge is 2.35. The Morgan fingerprint density at radius 1 is 1.50 bits per heavy atom. The van der Waals surface area contributed by atoms with Crippen LogP contribution in [0.25, 0.3) is 0 Å².